The molecule has 3 rings (SSSR count). The number of hydrogen-bond acceptors (Lipinski definition) is 3. The summed E-state index contributed by atoms with van der Waals surface area (Å²) in [5.74, 6) is 0.424. The van der Waals surface area contributed by atoms with Crippen LogP contribution >= 0.6 is 0 Å². The van der Waals surface area contributed by atoms with Gasteiger partial charge in [0, 0.05) is 24.2 Å². The summed E-state index contributed by atoms with van der Waals surface area (Å²) in [7, 11) is 0. The number of hydrogen-bond donors (Lipinski definition) is 1. The molecule has 0 amide bonds. The predicted octanol–water partition coefficient (Wildman–Crippen LogP) is 1.79. The molecule has 2 saturated heterocycles. The summed E-state index contributed by atoms with van der Waals surface area (Å²) in [5, 5.41) is 3.55. The van der Waals surface area contributed by atoms with Crippen LogP contribution < -0.4 is 5.32 Å². The summed E-state index contributed by atoms with van der Waals surface area (Å²) < 4.78 is 0. The van der Waals surface area contributed by atoms with Crippen molar-refractivity contribution in [2.45, 2.75) is 37.8 Å². The number of Topliss-reactive ketones (excluding diaryl/α,β-unsaturated/α-hetero) is 1. The third kappa shape index (κ3) is 1.76. The average Bonchev–Trinajstić information content (AvgIpc) is 2.68. The fraction of sp³-hybridized carbons (Fsp3) is 0.538. The first-order chi connectivity index (χ1) is 7.83. The molecule has 1 aromatic rings. The molecule has 0 saturated carbocycles. The van der Waals surface area contributed by atoms with Crippen molar-refractivity contribution in [2.24, 2.45) is 5.92 Å². The van der Waals surface area contributed by atoms with Crippen LogP contribution in [0.2, 0.25) is 0 Å². The van der Waals surface area contributed by atoms with Gasteiger partial charge in [-0.25, -0.2) is 0 Å². The molecular formula is C13H16N2O. The standard InChI is InChI=1S/C13H16N2O/c16-13(12-3-1-2-6-14-12)9-7-10-4-5-11(8-9)15-10/h1-3,6,9-11,15H,4-5,7-8H2. The lowest BCUT2D eigenvalue weighted by Gasteiger charge is -2.27. The molecule has 1 N–H and O–H groups in total. The van der Waals surface area contributed by atoms with Crippen molar-refractivity contribution in [3.63, 3.8) is 0 Å². The second-order valence-electron chi connectivity index (χ2n) is 4.89. The van der Waals surface area contributed by atoms with Gasteiger partial charge in [0.2, 0.25) is 0 Å². The van der Waals surface area contributed by atoms with Crippen molar-refractivity contribution in [3.05, 3.63) is 30.1 Å². The Morgan fingerprint density at radius 1 is 1.25 bits per heavy atom. The van der Waals surface area contributed by atoms with Crippen LogP contribution in [-0.2, 0) is 0 Å². The molecule has 16 heavy (non-hydrogen) atoms. The number of ketones is 1. The zero-order valence-electron chi connectivity index (χ0n) is 9.23. The summed E-state index contributed by atoms with van der Waals surface area (Å²) in [6, 6.07) is 6.69. The minimum atomic E-state index is 0.189. The van der Waals surface area contributed by atoms with Crippen molar-refractivity contribution >= 4 is 5.78 Å². The molecule has 2 aliphatic heterocycles. The van der Waals surface area contributed by atoms with E-state index in [2.05, 4.69) is 10.3 Å². The van der Waals surface area contributed by atoms with Crippen molar-refractivity contribution in [2.75, 3.05) is 0 Å². The summed E-state index contributed by atoms with van der Waals surface area (Å²) in [4.78, 5) is 16.4. The first kappa shape index (κ1) is 9.97. The van der Waals surface area contributed by atoms with Gasteiger partial charge in [0.05, 0.1) is 0 Å². The van der Waals surface area contributed by atoms with E-state index in [9.17, 15) is 4.79 Å². The van der Waals surface area contributed by atoms with Crippen LogP contribution in [0.25, 0.3) is 0 Å². The van der Waals surface area contributed by atoms with E-state index in [0.717, 1.165) is 12.8 Å². The Morgan fingerprint density at radius 3 is 2.62 bits per heavy atom. The highest BCUT2D eigenvalue weighted by atomic mass is 16.1. The number of nitrogens with one attached hydrogen (secondary N) is 1. The van der Waals surface area contributed by atoms with E-state index in [4.69, 9.17) is 0 Å². The van der Waals surface area contributed by atoms with Crippen LogP contribution in [0, 0.1) is 5.92 Å². The third-order valence-electron chi connectivity index (χ3n) is 3.76. The predicted molar refractivity (Wildman–Crippen MR) is 61.2 cm³/mol. The van der Waals surface area contributed by atoms with Crippen LogP contribution in [0.4, 0.5) is 0 Å². The molecule has 2 bridgehead atoms. The molecule has 3 heterocycles. The van der Waals surface area contributed by atoms with Gasteiger partial charge in [-0.1, -0.05) is 6.07 Å². The van der Waals surface area contributed by atoms with Gasteiger partial charge in [-0.3, -0.25) is 9.78 Å². The number of fused-ring (bicyclic) bond motifs is 2. The minimum Gasteiger partial charge on any atom is -0.311 e. The van der Waals surface area contributed by atoms with Crippen molar-refractivity contribution in [1.29, 1.82) is 0 Å². The molecular weight excluding hydrogens is 200 g/mol. The van der Waals surface area contributed by atoms with E-state index in [1.807, 2.05) is 18.2 Å². The van der Waals surface area contributed by atoms with Gasteiger partial charge < -0.3 is 5.32 Å². The number of carbonyl (C=O) groups is 1. The van der Waals surface area contributed by atoms with Crippen LogP contribution in [0.1, 0.15) is 36.2 Å². The van der Waals surface area contributed by atoms with Gasteiger partial charge >= 0.3 is 0 Å². The molecule has 0 aliphatic carbocycles. The summed E-state index contributed by atoms with van der Waals surface area (Å²) in [6.45, 7) is 0. The second kappa shape index (κ2) is 3.98. The van der Waals surface area contributed by atoms with Crippen molar-refractivity contribution in [3.8, 4) is 0 Å². The minimum absolute atomic E-state index is 0.189. The quantitative estimate of drug-likeness (QED) is 0.766. The molecule has 2 aliphatic rings. The summed E-state index contributed by atoms with van der Waals surface area (Å²) in [5.41, 5.74) is 0.633. The smallest absolute Gasteiger partial charge is 0.184 e. The Labute approximate surface area is 95.3 Å². The van der Waals surface area contributed by atoms with Gasteiger partial charge in [-0.15, -0.1) is 0 Å². The SMILES string of the molecule is O=C(c1ccccn1)C1CC2CCC(C1)N2. The lowest BCUT2D eigenvalue weighted by Crippen LogP contribution is -2.40. The van der Waals surface area contributed by atoms with Gasteiger partial charge in [0.1, 0.15) is 5.69 Å². The number of piperidine rings is 1. The topological polar surface area (TPSA) is 42.0 Å². The van der Waals surface area contributed by atoms with Crippen LogP contribution in [0.3, 0.4) is 0 Å². The molecule has 0 spiro atoms. The maximum absolute atomic E-state index is 12.2. The van der Waals surface area contributed by atoms with Crippen LogP contribution in [-0.4, -0.2) is 22.9 Å². The number of nitrogens with zero attached hydrogens (tertiary/aromatic N) is 1. The first-order valence-electron chi connectivity index (χ1n) is 6.04. The highest BCUT2D eigenvalue weighted by Crippen LogP contribution is 2.32. The summed E-state index contributed by atoms with van der Waals surface area (Å²) >= 11 is 0. The molecule has 2 atom stereocenters. The van der Waals surface area contributed by atoms with Gasteiger partial charge in [-0.2, -0.15) is 0 Å². The van der Waals surface area contributed by atoms with E-state index in [-0.39, 0.29) is 11.7 Å². The average molecular weight is 216 g/mol. The van der Waals surface area contributed by atoms with Crippen LogP contribution in [0.15, 0.2) is 24.4 Å². The molecule has 0 aromatic carbocycles. The normalized spacial score (nSPS) is 32.6. The first-order valence-corrected chi connectivity index (χ1v) is 6.04. The maximum Gasteiger partial charge on any atom is 0.184 e. The number of aromatic nitrogens is 1. The van der Waals surface area contributed by atoms with Crippen molar-refractivity contribution < 1.29 is 4.79 Å². The van der Waals surface area contributed by atoms with Gasteiger partial charge in [0.25, 0.3) is 0 Å². The Balaban J connectivity index is 1.76. The Kier molecular flexibility index (Phi) is 2.48. The molecule has 0 radical (unpaired) electrons. The molecule has 1 aromatic heterocycles. The fourth-order valence-corrected chi connectivity index (χ4v) is 2.99. The van der Waals surface area contributed by atoms with E-state index in [1.165, 1.54) is 12.8 Å². The highest BCUT2D eigenvalue weighted by molar-refractivity contribution is 5.96. The zero-order valence-corrected chi connectivity index (χ0v) is 9.23. The van der Waals surface area contributed by atoms with E-state index in [0.29, 0.717) is 17.8 Å². The highest BCUT2D eigenvalue weighted by Gasteiger charge is 2.37. The Morgan fingerprint density at radius 2 is 2.00 bits per heavy atom. The number of rotatable bonds is 2. The summed E-state index contributed by atoms with van der Waals surface area (Å²) in [6.07, 6.45) is 6.15. The van der Waals surface area contributed by atoms with Gasteiger partial charge in [-0.05, 0) is 37.8 Å². The maximum atomic E-state index is 12.2. The molecule has 3 heteroatoms. The molecule has 84 valence electrons. The largest absolute Gasteiger partial charge is 0.311 e. The molecule has 3 nitrogen and oxygen atoms in total. The second-order valence-corrected chi connectivity index (χ2v) is 4.89. The van der Waals surface area contributed by atoms with E-state index in [1.54, 1.807) is 6.20 Å². The number of pyridine rings is 1. The molecule has 2 unspecified atom stereocenters. The van der Waals surface area contributed by atoms with E-state index >= 15 is 0 Å². The van der Waals surface area contributed by atoms with Crippen LogP contribution in [0.5, 0.6) is 0 Å². The molecule has 2 fully saturated rings. The van der Waals surface area contributed by atoms with Crippen molar-refractivity contribution in [1.82, 2.24) is 10.3 Å². The fourth-order valence-electron chi connectivity index (χ4n) is 2.99. The Hall–Kier alpha value is -1.22. The lowest BCUT2D eigenvalue weighted by molar-refractivity contribution is 0.0870. The monoisotopic (exact) mass is 216 g/mol. The third-order valence-corrected chi connectivity index (χ3v) is 3.76. The van der Waals surface area contributed by atoms with E-state index < -0.39 is 0 Å². The zero-order chi connectivity index (χ0) is 11.0. The Bertz CT molecular complexity index is 378. The lowest BCUT2D eigenvalue weighted by atomic mass is 9.87. The van der Waals surface area contributed by atoms with Gasteiger partial charge in [0.15, 0.2) is 5.78 Å². The number of carbonyl (C=O) groups excluding carboxylic acids is 1.